The highest BCUT2D eigenvalue weighted by Gasteiger charge is 2.34. The summed E-state index contributed by atoms with van der Waals surface area (Å²) in [6, 6.07) is 4.16. The molecule has 0 amide bonds. The van der Waals surface area contributed by atoms with E-state index in [1.165, 1.54) is 10.4 Å². The topological polar surface area (TPSA) is 73.2 Å². The van der Waals surface area contributed by atoms with E-state index in [4.69, 9.17) is 5.26 Å². The second-order valence-electron chi connectivity index (χ2n) is 4.58. The van der Waals surface area contributed by atoms with E-state index in [1.54, 1.807) is 0 Å². The van der Waals surface area contributed by atoms with Crippen molar-refractivity contribution in [1.29, 1.82) is 5.26 Å². The molecule has 1 heterocycles. The number of nitriles is 1. The second kappa shape index (κ2) is 5.54. The fourth-order valence-electron chi connectivity index (χ4n) is 2.08. The Kier molecular flexibility index (Phi) is 4.11. The van der Waals surface area contributed by atoms with E-state index in [-0.39, 0.29) is 5.69 Å². The summed E-state index contributed by atoms with van der Waals surface area (Å²) in [5.74, 6) is 0. The Morgan fingerprint density at radius 2 is 1.86 bits per heavy atom. The quantitative estimate of drug-likeness (QED) is 0.929. The summed E-state index contributed by atoms with van der Waals surface area (Å²) in [7, 11) is -3.86. The Balaban J connectivity index is 2.32. The lowest BCUT2D eigenvalue weighted by Gasteiger charge is -2.18. The van der Waals surface area contributed by atoms with Crippen molar-refractivity contribution in [1.82, 2.24) is 4.31 Å². The van der Waals surface area contributed by atoms with Crippen molar-refractivity contribution in [3.8, 4) is 6.07 Å². The Morgan fingerprint density at radius 3 is 2.38 bits per heavy atom. The van der Waals surface area contributed by atoms with Crippen molar-refractivity contribution in [2.24, 2.45) is 0 Å². The van der Waals surface area contributed by atoms with Crippen molar-refractivity contribution in [3.63, 3.8) is 0 Å². The minimum absolute atomic E-state index is 0.215. The third-order valence-electron chi connectivity index (χ3n) is 3.10. The van der Waals surface area contributed by atoms with Crippen LogP contribution in [0.25, 0.3) is 0 Å². The SMILES string of the molecule is N#Cc1ccc(NS(=O)(=O)N2CCCC2)cc1C(F)(F)F. The maximum absolute atomic E-state index is 12.8. The number of nitrogens with one attached hydrogen (secondary N) is 1. The summed E-state index contributed by atoms with van der Waals surface area (Å²) in [5, 5.41) is 8.68. The average molecular weight is 319 g/mol. The molecule has 0 bridgehead atoms. The van der Waals surface area contributed by atoms with Gasteiger partial charge in [-0.3, -0.25) is 4.72 Å². The van der Waals surface area contributed by atoms with E-state index in [9.17, 15) is 21.6 Å². The van der Waals surface area contributed by atoms with Gasteiger partial charge in [0.1, 0.15) is 0 Å². The molecule has 1 saturated heterocycles. The highest BCUT2D eigenvalue weighted by Crippen LogP contribution is 2.33. The second-order valence-corrected chi connectivity index (χ2v) is 6.25. The van der Waals surface area contributed by atoms with Gasteiger partial charge < -0.3 is 0 Å². The Labute approximate surface area is 120 Å². The standard InChI is InChI=1S/C12H12F3N3O2S/c13-12(14,15)11-7-10(4-3-9(11)8-16)17-21(19,20)18-5-1-2-6-18/h3-4,7,17H,1-2,5-6H2. The summed E-state index contributed by atoms with van der Waals surface area (Å²) in [4.78, 5) is 0. The van der Waals surface area contributed by atoms with E-state index >= 15 is 0 Å². The van der Waals surface area contributed by atoms with E-state index in [1.807, 2.05) is 0 Å². The van der Waals surface area contributed by atoms with Crippen molar-refractivity contribution in [3.05, 3.63) is 29.3 Å². The van der Waals surface area contributed by atoms with E-state index in [0.717, 1.165) is 25.0 Å². The average Bonchev–Trinajstić information content (AvgIpc) is 2.92. The number of hydrogen-bond acceptors (Lipinski definition) is 3. The number of nitrogens with zero attached hydrogens (tertiary/aromatic N) is 2. The normalized spacial score (nSPS) is 16.7. The lowest BCUT2D eigenvalue weighted by molar-refractivity contribution is -0.137. The molecule has 1 aromatic carbocycles. The van der Waals surface area contributed by atoms with E-state index in [0.29, 0.717) is 19.2 Å². The first kappa shape index (κ1) is 15.6. The summed E-state index contributed by atoms with van der Waals surface area (Å²) in [5.41, 5.74) is -1.92. The molecule has 0 aromatic heterocycles. The van der Waals surface area contributed by atoms with Crippen LogP contribution in [-0.4, -0.2) is 25.8 Å². The molecule has 1 aliphatic rings. The van der Waals surface area contributed by atoms with Gasteiger partial charge in [0.25, 0.3) is 0 Å². The van der Waals surface area contributed by atoms with Crippen LogP contribution in [0, 0.1) is 11.3 Å². The monoisotopic (exact) mass is 319 g/mol. The minimum atomic E-state index is -4.72. The van der Waals surface area contributed by atoms with Crippen LogP contribution in [-0.2, 0) is 16.4 Å². The Morgan fingerprint density at radius 1 is 1.24 bits per heavy atom. The fourth-order valence-corrected chi connectivity index (χ4v) is 3.37. The predicted octanol–water partition coefficient (Wildman–Crippen LogP) is 2.33. The zero-order valence-electron chi connectivity index (χ0n) is 10.8. The summed E-state index contributed by atoms with van der Waals surface area (Å²) >= 11 is 0. The summed E-state index contributed by atoms with van der Waals surface area (Å²) < 4.78 is 65.7. The molecule has 0 saturated carbocycles. The Hall–Kier alpha value is -1.79. The van der Waals surface area contributed by atoms with Gasteiger partial charge in [0.05, 0.1) is 22.9 Å². The van der Waals surface area contributed by atoms with Gasteiger partial charge in [-0.2, -0.15) is 31.2 Å². The molecule has 5 nitrogen and oxygen atoms in total. The summed E-state index contributed by atoms with van der Waals surface area (Å²) in [6.45, 7) is 0.690. The molecule has 114 valence electrons. The number of benzene rings is 1. The lowest BCUT2D eigenvalue weighted by Crippen LogP contribution is -2.33. The molecule has 0 radical (unpaired) electrons. The number of halogens is 3. The third kappa shape index (κ3) is 3.46. The van der Waals surface area contributed by atoms with Gasteiger partial charge in [-0.15, -0.1) is 0 Å². The highest BCUT2D eigenvalue weighted by atomic mass is 32.2. The van der Waals surface area contributed by atoms with Gasteiger partial charge in [-0.25, -0.2) is 0 Å². The zero-order valence-corrected chi connectivity index (χ0v) is 11.6. The van der Waals surface area contributed by atoms with Crippen LogP contribution < -0.4 is 4.72 Å². The molecule has 0 atom stereocenters. The lowest BCUT2D eigenvalue weighted by atomic mass is 10.1. The van der Waals surface area contributed by atoms with Crippen molar-refractivity contribution < 1.29 is 21.6 Å². The molecule has 0 aliphatic carbocycles. The first-order valence-corrected chi connectivity index (χ1v) is 7.57. The molecule has 21 heavy (non-hydrogen) atoms. The van der Waals surface area contributed by atoms with Crippen LogP contribution in [0.3, 0.4) is 0 Å². The van der Waals surface area contributed by atoms with E-state index in [2.05, 4.69) is 4.72 Å². The highest BCUT2D eigenvalue weighted by molar-refractivity contribution is 7.90. The number of alkyl halides is 3. The van der Waals surface area contributed by atoms with Gasteiger partial charge in [-0.05, 0) is 31.0 Å². The van der Waals surface area contributed by atoms with Crippen molar-refractivity contribution >= 4 is 15.9 Å². The molecule has 1 N–H and O–H groups in total. The van der Waals surface area contributed by atoms with Crippen molar-refractivity contribution in [2.75, 3.05) is 17.8 Å². The minimum Gasteiger partial charge on any atom is -0.271 e. The number of anilines is 1. The number of hydrogen-bond donors (Lipinski definition) is 1. The van der Waals surface area contributed by atoms with Gasteiger partial charge in [0, 0.05) is 13.1 Å². The first-order valence-electron chi connectivity index (χ1n) is 6.13. The molecule has 0 unspecified atom stereocenters. The van der Waals surface area contributed by atoms with Gasteiger partial charge in [0.15, 0.2) is 0 Å². The van der Waals surface area contributed by atoms with Crippen LogP contribution in [0.4, 0.5) is 18.9 Å². The van der Waals surface area contributed by atoms with E-state index < -0.39 is 27.5 Å². The molecular formula is C12H12F3N3O2S. The van der Waals surface area contributed by atoms with Crippen LogP contribution >= 0.6 is 0 Å². The van der Waals surface area contributed by atoms with Gasteiger partial charge >= 0.3 is 16.4 Å². The molecule has 1 fully saturated rings. The Bertz CT molecular complexity index is 674. The molecular weight excluding hydrogens is 307 g/mol. The van der Waals surface area contributed by atoms with Gasteiger partial charge in [0.2, 0.25) is 0 Å². The largest absolute Gasteiger partial charge is 0.417 e. The maximum atomic E-state index is 12.8. The van der Waals surface area contributed by atoms with Crippen LogP contribution in [0.1, 0.15) is 24.0 Å². The number of rotatable bonds is 3. The molecule has 1 aliphatic heterocycles. The zero-order chi connectivity index (χ0) is 15.7. The first-order chi connectivity index (χ1) is 9.74. The smallest absolute Gasteiger partial charge is 0.271 e. The maximum Gasteiger partial charge on any atom is 0.417 e. The van der Waals surface area contributed by atoms with Crippen LogP contribution in [0.5, 0.6) is 0 Å². The molecule has 9 heteroatoms. The molecule has 1 aromatic rings. The molecule has 0 spiro atoms. The summed E-state index contributed by atoms with van der Waals surface area (Å²) in [6.07, 6.45) is -3.27. The molecule has 2 rings (SSSR count). The predicted molar refractivity (Wildman–Crippen MR) is 69.5 cm³/mol. The van der Waals surface area contributed by atoms with Gasteiger partial charge in [-0.1, -0.05) is 0 Å². The third-order valence-corrected chi connectivity index (χ3v) is 4.64. The van der Waals surface area contributed by atoms with Crippen LogP contribution in [0.15, 0.2) is 18.2 Å². The van der Waals surface area contributed by atoms with Crippen LogP contribution in [0.2, 0.25) is 0 Å². The fraction of sp³-hybridized carbons (Fsp3) is 0.417. The van der Waals surface area contributed by atoms with Crippen molar-refractivity contribution in [2.45, 2.75) is 19.0 Å².